The Hall–Kier alpha value is -2.44. The van der Waals surface area contributed by atoms with Crippen molar-refractivity contribution in [2.75, 3.05) is 18.4 Å². The van der Waals surface area contributed by atoms with Crippen LogP contribution in [-0.4, -0.2) is 38.4 Å². The van der Waals surface area contributed by atoms with Crippen LogP contribution in [0.1, 0.15) is 18.7 Å². The molecule has 1 aliphatic rings. The summed E-state index contributed by atoms with van der Waals surface area (Å²) in [5.41, 5.74) is 2.14. The van der Waals surface area contributed by atoms with Crippen molar-refractivity contribution in [2.24, 2.45) is 13.0 Å². The van der Waals surface area contributed by atoms with Crippen LogP contribution in [0.4, 0.5) is 5.82 Å². The van der Waals surface area contributed by atoms with Gasteiger partial charge in [0.15, 0.2) is 0 Å². The summed E-state index contributed by atoms with van der Waals surface area (Å²) < 4.78 is 2.14. The summed E-state index contributed by atoms with van der Waals surface area (Å²) >= 11 is 5.85. The summed E-state index contributed by atoms with van der Waals surface area (Å²) in [5, 5.41) is 3.45. The number of nitrogens with zero attached hydrogens (tertiary/aromatic N) is 4. The molecule has 140 valence electrons. The molecule has 1 N–H and O–H groups in total. The molecule has 0 aliphatic carbocycles. The number of halogens is 1. The number of aromatic nitrogens is 3. The van der Waals surface area contributed by atoms with E-state index in [0.29, 0.717) is 10.8 Å². The van der Waals surface area contributed by atoms with Crippen LogP contribution in [0, 0.1) is 5.92 Å². The van der Waals surface area contributed by atoms with E-state index in [1.54, 1.807) is 12.1 Å². The molecule has 1 fully saturated rings. The smallest absolute Gasteiger partial charge is 0.229 e. The summed E-state index contributed by atoms with van der Waals surface area (Å²) in [4.78, 5) is 23.8. The van der Waals surface area contributed by atoms with Crippen molar-refractivity contribution in [3.8, 4) is 0 Å². The molecule has 3 heterocycles. The predicted molar refractivity (Wildman–Crippen MR) is 107 cm³/mol. The first kappa shape index (κ1) is 17.9. The second kappa shape index (κ2) is 7.66. The number of benzene rings is 1. The standard InChI is InChI=1S/C20H22ClN5O/c1-25-17-7-3-2-6-16(17)23-19(25)13-26-10-4-5-14(12-26)20(27)24-18-9-8-15(21)11-22-18/h2-3,6-9,11,14H,4-5,10,12-13H2,1H3,(H,22,24,27). The molecule has 1 aliphatic heterocycles. The molecule has 1 amide bonds. The third-order valence-corrected chi connectivity index (χ3v) is 5.32. The lowest BCUT2D eigenvalue weighted by Gasteiger charge is -2.31. The van der Waals surface area contributed by atoms with E-state index in [-0.39, 0.29) is 11.8 Å². The maximum atomic E-state index is 12.6. The van der Waals surface area contributed by atoms with Crippen molar-refractivity contribution in [1.29, 1.82) is 0 Å². The van der Waals surface area contributed by atoms with Crippen molar-refractivity contribution < 1.29 is 4.79 Å². The van der Waals surface area contributed by atoms with E-state index in [1.165, 1.54) is 6.20 Å². The molecule has 1 saturated heterocycles. The summed E-state index contributed by atoms with van der Waals surface area (Å²) in [6, 6.07) is 11.6. The highest BCUT2D eigenvalue weighted by molar-refractivity contribution is 6.30. The van der Waals surface area contributed by atoms with Gasteiger partial charge < -0.3 is 9.88 Å². The van der Waals surface area contributed by atoms with Gasteiger partial charge in [-0.25, -0.2) is 9.97 Å². The van der Waals surface area contributed by atoms with Crippen molar-refractivity contribution >= 4 is 34.4 Å². The molecule has 0 spiro atoms. The minimum atomic E-state index is -0.0501. The van der Waals surface area contributed by atoms with Gasteiger partial charge in [-0.15, -0.1) is 0 Å². The van der Waals surface area contributed by atoms with Gasteiger partial charge in [-0.3, -0.25) is 9.69 Å². The van der Waals surface area contributed by atoms with Crippen molar-refractivity contribution in [3.05, 3.63) is 53.4 Å². The predicted octanol–water partition coefficient (Wildman–Crippen LogP) is 3.47. The topological polar surface area (TPSA) is 63.1 Å². The van der Waals surface area contributed by atoms with Crippen LogP contribution in [0.25, 0.3) is 11.0 Å². The lowest BCUT2D eigenvalue weighted by atomic mass is 9.97. The SMILES string of the molecule is Cn1c(CN2CCCC(C(=O)Nc3ccc(Cl)cn3)C2)nc2ccccc21. The quantitative estimate of drug-likeness (QED) is 0.749. The Labute approximate surface area is 163 Å². The fourth-order valence-electron chi connectivity index (χ4n) is 3.63. The first-order chi connectivity index (χ1) is 13.1. The molecule has 0 bridgehead atoms. The Kier molecular flexibility index (Phi) is 5.09. The molecule has 1 unspecified atom stereocenters. The van der Waals surface area contributed by atoms with E-state index in [9.17, 15) is 4.79 Å². The van der Waals surface area contributed by atoms with Crippen LogP contribution in [0.3, 0.4) is 0 Å². The number of carbonyl (C=O) groups is 1. The van der Waals surface area contributed by atoms with E-state index in [0.717, 1.165) is 49.3 Å². The molecule has 27 heavy (non-hydrogen) atoms. The zero-order chi connectivity index (χ0) is 18.8. The zero-order valence-electron chi connectivity index (χ0n) is 15.2. The number of anilines is 1. The minimum absolute atomic E-state index is 0.0134. The molecule has 4 rings (SSSR count). The number of fused-ring (bicyclic) bond motifs is 1. The van der Waals surface area contributed by atoms with Crippen LogP contribution in [0.5, 0.6) is 0 Å². The number of aryl methyl sites for hydroxylation is 1. The number of carbonyl (C=O) groups excluding carboxylic acids is 1. The van der Waals surface area contributed by atoms with Gasteiger partial charge in [0.1, 0.15) is 11.6 Å². The van der Waals surface area contributed by atoms with Crippen LogP contribution < -0.4 is 5.32 Å². The first-order valence-electron chi connectivity index (χ1n) is 9.15. The Morgan fingerprint density at radius 2 is 2.15 bits per heavy atom. The summed E-state index contributed by atoms with van der Waals surface area (Å²) in [6.07, 6.45) is 3.42. The van der Waals surface area contributed by atoms with Gasteiger partial charge in [0, 0.05) is 19.8 Å². The van der Waals surface area contributed by atoms with E-state index >= 15 is 0 Å². The number of amides is 1. The monoisotopic (exact) mass is 383 g/mol. The molecule has 1 atom stereocenters. The Balaban J connectivity index is 1.42. The number of hydrogen-bond donors (Lipinski definition) is 1. The third-order valence-electron chi connectivity index (χ3n) is 5.10. The maximum absolute atomic E-state index is 12.6. The molecule has 2 aromatic heterocycles. The Morgan fingerprint density at radius 3 is 2.93 bits per heavy atom. The van der Waals surface area contributed by atoms with Crippen molar-refractivity contribution in [3.63, 3.8) is 0 Å². The average Bonchev–Trinajstić information content (AvgIpc) is 3.00. The maximum Gasteiger partial charge on any atom is 0.229 e. The molecular formula is C20H22ClN5O. The number of piperidine rings is 1. The van der Waals surface area contributed by atoms with Gasteiger partial charge in [-0.05, 0) is 43.7 Å². The minimum Gasteiger partial charge on any atom is -0.330 e. The fourth-order valence-corrected chi connectivity index (χ4v) is 3.74. The zero-order valence-corrected chi connectivity index (χ0v) is 16.0. The van der Waals surface area contributed by atoms with Gasteiger partial charge in [0.05, 0.1) is 28.5 Å². The van der Waals surface area contributed by atoms with Gasteiger partial charge >= 0.3 is 0 Å². The van der Waals surface area contributed by atoms with Crippen LogP contribution >= 0.6 is 11.6 Å². The van der Waals surface area contributed by atoms with Gasteiger partial charge in [-0.1, -0.05) is 23.7 Å². The second-order valence-corrected chi connectivity index (χ2v) is 7.44. The Bertz CT molecular complexity index is 953. The number of imidazole rings is 1. The highest BCUT2D eigenvalue weighted by atomic mass is 35.5. The van der Waals surface area contributed by atoms with Gasteiger partial charge in [0.2, 0.25) is 5.91 Å². The number of para-hydroxylation sites is 2. The van der Waals surface area contributed by atoms with E-state index in [4.69, 9.17) is 16.6 Å². The second-order valence-electron chi connectivity index (χ2n) is 7.00. The third kappa shape index (κ3) is 3.96. The highest BCUT2D eigenvalue weighted by Crippen LogP contribution is 2.22. The first-order valence-corrected chi connectivity index (χ1v) is 9.53. The molecule has 6 nitrogen and oxygen atoms in total. The fraction of sp³-hybridized carbons (Fsp3) is 0.350. The van der Waals surface area contributed by atoms with E-state index < -0.39 is 0 Å². The largest absolute Gasteiger partial charge is 0.330 e. The highest BCUT2D eigenvalue weighted by Gasteiger charge is 2.27. The Morgan fingerprint density at radius 1 is 1.30 bits per heavy atom. The van der Waals surface area contributed by atoms with Gasteiger partial charge in [-0.2, -0.15) is 0 Å². The number of pyridine rings is 1. The molecule has 3 aromatic rings. The molecule has 7 heteroatoms. The normalized spacial score (nSPS) is 17.9. The van der Waals surface area contributed by atoms with Gasteiger partial charge in [0.25, 0.3) is 0 Å². The summed E-state index contributed by atoms with van der Waals surface area (Å²) in [5.74, 6) is 1.53. The van der Waals surface area contributed by atoms with Crippen molar-refractivity contribution in [2.45, 2.75) is 19.4 Å². The number of hydrogen-bond acceptors (Lipinski definition) is 4. The van der Waals surface area contributed by atoms with Crippen LogP contribution in [0.2, 0.25) is 5.02 Å². The van der Waals surface area contributed by atoms with E-state index in [1.807, 2.05) is 25.2 Å². The summed E-state index contributed by atoms with van der Waals surface area (Å²) in [7, 11) is 2.05. The summed E-state index contributed by atoms with van der Waals surface area (Å²) in [6.45, 7) is 2.45. The van der Waals surface area contributed by atoms with Crippen molar-refractivity contribution in [1.82, 2.24) is 19.4 Å². The lowest BCUT2D eigenvalue weighted by Crippen LogP contribution is -2.40. The average molecular weight is 384 g/mol. The molecule has 0 saturated carbocycles. The molecule has 0 radical (unpaired) electrons. The number of rotatable bonds is 4. The molecule has 1 aromatic carbocycles. The van der Waals surface area contributed by atoms with Crippen LogP contribution in [0.15, 0.2) is 42.6 Å². The number of nitrogens with one attached hydrogen (secondary N) is 1. The molecular weight excluding hydrogens is 362 g/mol. The van der Waals surface area contributed by atoms with Crippen LogP contribution in [-0.2, 0) is 18.4 Å². The number of likely N-dealkylation sites (tertiary alicyclic amines) is 1. The lowest BCUT2D eigenvalue weighted by molar-refractivity contribution is -0.121. The van der Waals surface area contributed by atoms with E-state index in [2.05, 4.69) is 25.8 Å².